The quantitative estimate of drug-likeness (QED) is 0.855. The molecule has 126 valence electrons. The Hall–Kier alpha value is -2.38. The Balaban J connectivity index is 1.70. The topological polar surface area (TPSA) is 88.4 Å². The summed E-state index contributed by atoms with van der Waals surface area (Å²) in [6, 6.07) is 3.79. The standard InChI is InChI=1S/C17H20N4O3/c1-24-11-16-19-5-12(6-20-16)8-21-9-14(15(10-21)17(22)23)13-3-2-4-18-7-13/h2-7,14-15H,8-11H2,1H3,(H,22,23)/t14-,15+/m0/s1. The number of aliphatic carboxylic acids is 1. The molecule has 1 saturated heterocycles. The van der Waals surface area contributed by atoms with E-state index >= 15 is 0 Å². The van der Waals surface area contributed by atoms with Crippen molar-refractivity contribution >= 4 is 5.97 Å². The van der Waals surface area contributed by atoms with Crippen LogP contribution in [-0.4, -0.2) is 51.1 Å². The maximum atomic E-state index is 11.6. The lowest BCUT2D eigenvalue weighted by Gasteiger charge is -2.15. The van der Waals surface area contributed by atoms with Crippen LogP contribution in [0.1, 0.15) is 22.9 Å². The number of nitrogens with zero attached hydrogens (tertiary/aromatic N) is 4. The van der Waals surface area contributed by atoms with Crippen molar-refractivity contribution < 1.29 is 14.6 Å². The number of rotatable bonds is 6. The molecule has 0 amide bonds. The highest BCUT2D eigenvalue weighted by Crippen LogP contribution is 2.33. The Labute approximate surface area is 140 Å². The van der Waals surface area contributed by atoms with Gasteiger partial charge in [-0.3, -0.25) is 14.7 Å². The summed E-state index contributed by atoms with van der Waals surface area (Å²) in [4.78, 5) is 26.4. The van der Waals surface area contributed by atoms with Crippen LogP contribution in [0, 0.1) is 5.92 Å². The lowest BCUT2D eigenvalue weighted by molar-refractivity contribution is -0.141. The minimum absolute atomic E-state index is 0.0510. The number of aromatic nitrogens is 3. The zero-order chi connectivity index (χ0) is 16.9. The monoisotopic (exact) mass is 328 g/mol. The van der Waals surface area contributed by atoms with E-state index in [4.69, 9.17) is 4.74 Å². The SMILES string of the molecule is COCc1ncc(CN2C[C@@H](C(=O)O)[C@H](c3cccnc3)C2)cn1. The van der Waals surface area contributed by atoms with Crippen molar-refractivity contribution in [1.82, 2.24) is 19.9 Å². The molecule has 2 aromatic rings. The molecule has 1 aliphatic heterocycles. The highest BCUT2D eigenvalue weighted by molar-refractivity contribution is 5.72. The van der Waals surface area contributed by atoms with Crippen LogP contribution in [0.3, 0.4) is 0 Å². The third-order valence-electron chi connectivity index (χ3n) is 4.26. The number of carboxylic acid groups (broad SMARTS) is 1. The van der Waals surface area contributed by atoms with Gasteiger partial charge in [0.25, 0.3) is 0 Å². The van der Waals surface area contributed by atoms with E-state index in [9.17, 15) is 9.90 Å². The molecule has 24 heavy (non-hydrogen) atoms. The number of pyridine rings is 1. The fourth-order valence-corrected chi connectivity index (χ4v) is 3.12. The molecule has 2 atom stereocenters. The van der Waals surface area contributed by atoms with Gasteiger partial charge in [-0.05, 0) is 11.6 Å². The van der Waals surface area contributed by atoms with Crippen LogP contribution in [0.15, 0.2) is 36.9 Å². The Kier molecular flexibility index (Phi) is 5.12. The van der Waals surface area contributed by atoms with Gasteiger partial charge in [0.1, 0.15) is 6.61 Å². The minimum atomic E-state index is -0.766. The minimum Gasteiger partial charge on any atom is -0.481 e. The average molecular weight is 328 g/mol. The van der Waals surface area contributed by atoms with E-state index < -0.39 is 11.9 Å². The number of ether oxygens (including phenoxy) is 1. The van der Waals surface area contributed by atoms with Crippen LogP contribution in [0.25, 0.3) is 0 Å². The highest BCUT2D eigenvalue weighted by Gasteiger charge is 2.38. The van der Waals surface area contributed by atoms with E-state index in [0.717, 1.165) is 11.1 Å². The van der Waals surface area contributed by atoms with Gasteiger partial charge in [0.15, 0.2) is 5.82 Å². The Morgan fingerprint density at radius 1 is 1.33 bits per heavy atom. The van der Waals surface area contributed by atoms with Gasteiger partial charge in [0.2, 0.25) is 0 Å². The van der Waals surface area contributed by atoms with Gasteiger partial charge < -0.3 is 9.84 Å². The van der Waals surface area contributed by atoms with Crippen molar-refractivity contribution in [3.63, 3.8) is 0 Å². The normalized spacial score (nSPS) is 21.0. The Morgan fingerprint density at radius 2 is 2.12 bits per heavy atom. The van der Waals surface area contributed by atoms with Crippen molar-refractivity contribution in [2.24, 2.45) is 5.92 Å². The first-order chi connectivity index (χ1) is 11.7. The number of hydrogen-bond donors (Lipinski definition) is 1. The number of likely N-dealkylation sites (tertiary alicyclic amines) is 1. The zero-order valence-corrected chi connectivity index (χ0v) is 13.5. The molecule has 0 saturated carbocycles. The van der Waals surface area contributed by atoms with Gasteiger partial charge in [-0.2, -0.15) is 0 Å². The van der Waals surface area contributed by atoms with E-state index in [-0.39, 0.29) is 5.92 Å². The number of carbonyl (C=O) groups is 1. The van der Waals surface area contributed by atoms with E-state index in [1.165, 1.54) is 0 Å². The largest absolute Gasteiger partial charge is 0.481 e. The Bertz CT molecular complexity index is 678. The van der Waals surface area contributed by atoms with Gasteiger partial charge in [-0.15, -0.1) is 0 Å². The summed E-state index contributed by atoms with van der Waals surface area (Å²) in [7, 11) is 1.60. The average Bonchev–Trinajstić information content (AvgIpc) is 3.02. The van der Waals surface area contributed by atoms with Crippen LogP contribution >= 0.6 is 0 Å². The number of carboxylic acids is 1. The smallest absolute Gasteiger partial charge is 0.308 e. The van der Waals surface area contributed by atoms with Crippen molar-refractivity contribution in [2.75, 3.05) is 20.2 Å². The third-order valence-corrected chi connectivity index (χ3v) is 4.26. The van der Waals surface area contributed by atoms with Gasteiger partial charge in [0, 0.05) is 63.0 Å². The molecule has 0 unspecified atom stereocenters. The molecular weight excluding hydrogens is 308 g/mol. The first-order valence-electron chi connectivity index (χ1n) is 7.81. The number of methoxy groups -OCH3 is 1. The second kappa shape index (κ2) is 7.46. The van der Waals surface area contributed by atoms with E-state index in [1.54, 1.807) is 31.9 Å². The first-order valence-corrected chi connectivity index (χ1v) is 7.81. The summed E-state index contributed by atoms with van der Waals surface area (Å²) in [5.41, 5.74) is 1.94. The highest BCUT2D eigenvalue weighted by atomic mass is 16.5. The predicted octanol–water partition coefficient (Wildman–Crippen LogP) is 1.32. The molecule has 1 fully saturated rings. The molecule has 0 aliphatic carbocycles. The summed E-state index contributed by atoms with van der Waals surface area (Å²) in [6.07, 6.45) is 7.00. The van der Waals surface area contributed by atoms with Crippen molar-refractivity contribution in [3.8, 4) is 0 Å². The molecule has 0 bridgehead atoms. The summed E-state index contributed by atoms with van der Waals surface area (Å²) in [5.74, 6) is -0.606. The second-order valence-corrected chi connectivity index (χ2v) is 5.97. The fraction of sp³-hybridized carbons (Fsp3) is 0.412. The zero-order valence-electron chi connectivity index (χ0n) is 13.5. The lowest BCUT2D eigenvalue weighted by Crippen LogP contribution is -2.23. The number of hydrogen-bond acceptors (Lipinski definition) is 6. The van der Waals surface area contributed by atoms with Crippen LogP contribution in [0.4, 0.5) is 0 Å². The van der Waals surface area contributed by atoms with E-state index in [2.05, 4.69) is 19.9 Å². The maximum Gasteiger partial charge on any atom is 0.308 e. The van der Waals surface area contributed by atoms with E-state index in [0.29, 0.717) is 32.1 Å². The van der Waals surface area contributed by atoms with Crippen LogP contribution in [0.2, 0.25) is 0 Å². The predicted molar refractivity (Wildman–Crippen MR) is 86.1 cm³/mol. The molecule has 7 heteroatoms. The van der Waals surface area contributed by atoms with Gasteiger partial charge in [0.05, 0.1) is 5.92 Å². The second-order valence-electron chi connectivity index (χ2n) is 5.97. The van der Waals surface area contributed by atoms with Gasteiger partial charge >= 0.3 is 5.97 Å². The molecule has 1 aliphatic rings. The molecule has 3 heterocycles. The molecule has 2 aromatic heterocycles. The van der Waals surface area contributed by atoms with Crippen LogP contribution in [-0.2, 0) is 22.7 Å². The molecular formula is C17H20N4O3. The van der Waals surface area contributed by atoms with Crippen molar-refractivity contribution in [3.05, 3.63) is 53.9 Å². The summed E-state index contributed by atoms with van der Waals surface area (Å²) >= 11 is 0. The molecule has 3 rings (SSSR count). The lowest BCUT2D eigenvalue weighted by atomic mass is 9.90. The van der Waals surface area contributed by atoms with Crippen molar-refractivity contribution in [1.29, 1.82) is 0 Å². The summed E-state index contributed by atoms with van der Waals surface area (Å²) < 4.78 is 5.00. The molecule has 0 spiro atoms. The van der Waals surface area contributed by atoms with E-state index in [1.807, 2.05) is 12.1 Å². The Morgan fingerprint density at radius 3 is 2.75 bits per heavy atom. The van der Waals surface area contributed by atoms with Crippen molar-refractivity contribution in [2.45, 2.75) is 19.1 Å². The third kappa shape index (κ3) is 3.74. The molecule has 1 N–H and O–H groups in total. The van der Waals surface area contributed by atoms with Gasteiger partial charge in [-0.25, -0.2) is 9.97 Å². The molecule has 0 radical (unpaired) electrons. The van der Waals surface area contributed by atoms with Crippen LogP contribution < -0.4 is 0 Å². The molecule has 7 nitrogen and oxygen atoms in total. The summed E-state index contributed by atoms with van der Waals surface area (Å²) in [6.45, 7) is 2.21. The maximum absolute atomic E-state index is 11.6. The molecule has 0 aromatic carbocycles. The summed E-state index contributed by atoms with van der Waals surface area (Å²) in [5, 5.41) is 9.54. The first kappa shape index (κ1) is 16.5. The van der Waals surface area contributed by atoms with Gasteiger partial charge in [-0.1, -0.05) is 6.07 Å². The van der Waals surface area contributed by atoms with Crippen LogP contribution in [0.5, 0.6) is 0 Å². The fourth-order valence-electron chi connectivity index (χ4n) is 3.12.